The molecule has 11 heteroatoms. The molecule has 1 saturated heterocycles. The standard InChI is InChI=1S/C26H36N6O5/c1-3-16(2)22(26(36)37)31-24(34)21-10-7-11-32(21)25(35)20(12-17-8-5-4-6-9-17)30-23(33)19(27)13-18-14-28-15-29-18/h4-6,8-9,14-16,19-22H,3,7,10-13,27H2,1-2H3,(H,28,29)(H,30,33)(H,31,34)(H,36,37). The first-order chi connectivity index (χ1) is 17.7. The van der Waals surface area contributed by atoms with E-state index in [-0.39, 0.29) is 18.8 Å². The fraction of sp³-hybridized carbons (Fsp3) is 0.500. The number of carboxylic acids is 1. The summed E-state index contributed by atoms with van der Waals surface area (Å²) in [7, 11) is 0. The fourth-order valence-corrected chi connectivity index (χ4v) is 4.49. The Balaban J connectivity index is 1.76. The lowest BCUT2D eigenvalue weighted by atomic mass is 9.98. The predicted octanol–water partition coefficient (Wildman–Crippen LogP) is 0.614. The molecular weight excluding hydrogens is 476 g/mol. The van der Waals surface area contributed by atoms with Crippen molar-refractivity contribution in [2.45, 2.75) is 70.1 Å². The first-order valence-electron chi connectivity index (χ1n) is 12.6. The molecule has 2 heterocycles. The molecule has 11 nitrogen and oxygen atoms in total. The maximum atomic E-state index is 13.7. The zero-order valence-electron chi connectivity index (χ0n) is 21.2. The van der Waals surface area contributed by atoms with E-state index in [1.807, 2.05) is 37.3 Å². The minimum absolute atomic E-state index is 0.220. The number of aromatic nitrogens is 2. The highest BCUT2D eigenvalue weighted by Crippen LogP contribution is 2.21. The number of amides is 3. The third kappa shape index (κ3) is 7.39. The van der Waals surface area contributed by atoms with Crippen molar-refractivity contribution in [3.8, 4) is 0 Å². The van der Waals surface area contributed by atoms with Gasteiger partial charge in [-0.05, 0) is 24.3 Å². The quantitative estimate of drug-likeness (QED) is 0.277. The molecule has 6 N–H and O–H groups in total. The third-order valence-corrected chi connectivity index (χ3v) is 6.84. The van der Waals surface area contributed by atoms with Crippen LogP contribution in [0.4, 0.5) is 0 Å². The van der Waals surface area contributed by atoms with Crippen molar-refractivity contribution in [2.24, 2.45) is 11.7 Å². The summed E-state index contributed by atoms with van der Waals surface area (Å²) in [4.78, 5) is 59.7. The molecule has 2 aromatic rings. The highest BCUT2D eigenvalue weighted by atomic mass is 16.4. The van der Waals surface area contributed by atoms with Crippen LogP contribution in [0.25, 0.3) is 0 Å². The molecule has 200 valence electrons. The molecule has 1 fully saturated rings. The molecule has 0 bridgehead atoms. The maximum absolute atomic E-state index is 13.7. The second-order valence-corrected chi connectivity index (χ2v) is 9.54. The molecular formula is C26H36N6O5. The van der Waals surface area contributed by atoms with E-state index >= 15 is 0 Å². The van der Waals surface area contributed by atoms with Crippen LogP contribution in [-0.4, -0.2) is 74.4 Å². The predicted molar refractivity (Wildman–Crippen MR) is 136 cm³/mol. The fourth-order valence-electron chi connectivity index (χ4n) is 4.49. The van der Waals surface area contributed by atoms with Gasteiger partial charge >= 0.3 is 5.97 Å². The molecule has 3 amide bonds. The van der Waals surface area contributed by atoms with Crippen molar-refractivity contribution in [2.75, 3.05) is 6.54 Å². The summed E-state index contributed by atoms with van der Waals surface area (Å²) in [6, 6.07) is 5.55. The molecule has 1 aromatic heterocycles. The lowest BCUT2D eigenvalue weighted by Gasteiger charge is -2.30. The van der Waals surface area contributed by atoms with E-state index in [1.54, 1.807) is 13.1 Å². The Morgan fingerprint density at radius 1 is 1.19 bits per heavy atom. The van der Waals surface area contributed by atoms with Crippen molar-refractivity contribution in [3.05, 3.63) is 54.1 Å². The van der Waals surface area contributed by atoms with Gasteiger partial charge in [0, 0.05) is 31.3 Å². The van der Waals surface area contributed by atoms with E-state index in [2.05, 4.69) is 20.6 Å². The lowest BCUT2D eigenvalue weighted by molar-refractivity contribution is -0.146. The van der Waals surface area contributed by atoms with Gasteiger partial charge in [-0.3, -0.25) is 14.4 Å². The monoisotopic (exact) mass is 512 g/mol. The Labute approximate surface area is 216 Å². The van der Waals surface area contributed by atoms with Crippen LogP contribution in [0.1, 0.15) is 44.4 Å². The van der Waals surface area contributed by atoms with Crippen molar-refractivity contribution in [1.82, 2.24) is 25.5 Å². The Bertz CT molecular complexity index is 1060. The highest BCUT2D eigenvalue weighted by Gasteiger charge is 2.39. The molecule has 5 atom stereocenters. The Morgan fingerprint density at radius 3 is 2.54 bits per heavy atom. The number of rotatable bonds is 12. The normalized spacial score (nSPS) is 18.5. The summed E-state index contributed by atoms with van der Waals surface area (Å²) in [5, 5.41) is 15.0. The van der Waals surface area contributed by atoms with E-state index in [0.29, 0.717) is 31.5 Å². The molecule has 0 aliphatic carbocycles. The Kier molecular flexibility index (Phi) is 9.78. The number of carbonyl (C=O) groups excluding carboxylic acids is 3. The summed E-state index contributed by atoms with van der Waals surface area (Å²) >= 11 is 0. The van der Waals surface area contributed by atoms with Crippen LogP contribution in [0.2, 0.25) is 0 Å². The van der Waals surface area contributed by atoms with E-state index in [9.17, 15) is 24.3 Å². The lowest BCUT2D eigenvalue weighted by Crippen LogP contribution is -2.58. The average Bonchev–Trinajstić information content (AvgIpc) is 3.58. The van der Waals surface area contributed by atoms with Gasteiger partial charge in [-0.15, -0.1) is 0 Å². The summed E-state index contributed by atoms with van der Waals surface area (Å²) in [6.45, 7) is 3.94. The van der Waals surface area contributed by atoms with Gasteiger partial charge < -0.3 is 31.4 Å². The Hall–Kier alpha value is -3.73. The minimum atomic E-state index is -1.11. The topological polar surface area (TPSA) is 171 Å². The van der Waals surface area contributed by atoms with E-state index in [0.717, 1.165) is 5.56 Å². The van der Waals surface area contributed by atoms with Gasteiger partial charge in [0.25, 0.3) is 0 Å². The van der Waals surface area contributed by atoms with Gasteiger partial charge in [0.1, 0.15) is 18.1 Å². The van der Waals surface area contributed by atoms with Gasteiger partial charge in [-0.25, -0.2) is 9.78 Å². The number of benzene rings is 1. The van der Waals surface area contributed by atoms with Crippen LogP contribution in [0, 0.1) is 5.92 Å². The molecule has 3 rings (SSSR count). The second kappa shape index (κ2) is 13.0. The van der Waals surface area contributed by atoms with Crippen LogP contribution < -0.4 is 16.4 Å². The number of aromatic amines is 1. The van der Waals surface area contributed by atoms with E-state index < -0.39 is 47.9 Å². The van der Waals surface area contributed by atoms with Gasteiger partial charge in [0.2, 0.25) is 17.7 Å². The molecule has 1 aromatic carbocycles. The summed E-state index contributed by atoms with van der Waals surface area (Å²) in [6.07, 6.45) is 5.10. The van der Waals surface area contributed by atoms with Crippen molar-refractivity contribution in [1.29, 1.82) is 0 Å². The van der Waals surface area contributed by atoms with Crippen LogP contribution in [0.5, 0.6) is 0 Å². The van der Waals surface area contributed by atoms with E-state index in [4.69, 9.17) is 5.73 Å². The van der Waals surface area contributed by atoms with Crippen LogP contribution in [0.15, 0.2) is 42.9 Å². The molecule has 0 radical (unpaired) electrons. The minimum Gasteiger partial charge on any atom is -0.480 e. The number of carbonyl (C=O) groups is 4. The number of imidazole rings is 1. The zero-order chi connectivity index (χ0) is 26.9. The van der Waals surface area contributed by atoms with Crippen molar-refractivity contribution < 1.29 is 24.3 Å². The number of hydrogen-bond donors (Lipinski definition) is 5. The average molecular weight is 513 g/mol. The second-order valence-electron chi connectivity index (χ2n) is 9.54. The highest BCUT2D eigenvalue weighted by molar-refractivity contribution is 5.94. The smallest absolute Gasteiger partial charge is 0.326 e. The first kappa shape index (κ1) is 27.9. The number of H-pyrrole nitrogens is 1. The number of nitrogens with two attached hydrogens (primary N) is 1. The number of aliphatic carboxylic acids is 1. The van der Waals surface area contributed by atoms with Crippen LogP contribution in [0.3, 0.4) is 0 Å². The molecule has 0 spiro atoms. The number of likely N-dealkylation sites (tertiary alicyclic amines) is 1. The van der Waals surface area contributed by atoms with Crippen molar-refractivity contribution in [3.63, 3.8) is 0 Å². The van der Waals surface area contributed by atoms with Crippen molar-refractivity contribution >= 4 is 23.7 Å². The maximum Gasteiger partial charge on any atom is 0.326 e. The van der Waals surface area contributed by atoms with Crippen LogP contribution in [-0.2, 0) is 32.0 Å². The van der Waals surface area contributed by atoms with Crippen LogP contribution >= 0.6 is 0 Å². The van der Waals surface area contributed by atoms with Gasteiger partial charge in [-0.2, -0.15) is 0 Å². The number of hydrogen-bond acceptors (Lipinski definition) is 6. The SMILES string of the molecule is CCC(C)C(NC(=O)C1CCCN1C(=O)C(Cc1ccccc1)NC(=O)C(N)Cc1cnc[nH]1)C(=O)O. The third-order valence-electron chi connectivity index (χ3n) is 6.84. The summed E-state index contributed by atoms with van der Waals surface area (Å²) in [5.74, 6) is -2.78. The van der Waals surface area contributed by atoms with E-state index in [1.165, 1.54) is 11.2 Å². The summed E-state index contributed by atoms with van der Waals surface area (Å²) in [5.41, 5.74) is 7.63. The van der Waals surface area contributed by atoms with Gasteiger partial charge in [-0.1, -0.05) is 50.6 Å². The largest absolute Gasteiger partial charge is 0.480 e. The number of nitrogens with one attached hydrogen (secondary N) is 3. The summed E-state index contributed by atoms with van der Waals surface area (Å²) < 4.78 is 0. The van der Waals surface area contributed by atoms with Gasteiger partial charge in [0.05, 0.1) is 12.4 Å². The first-order valence-corrected chi connectivity index (χ1v) is 12.6. The Morgan fingerprint density at radius 2 is 1.92 bits per heavy atom. The molecule has 1 aliphatic heterocycles. The number of nitrogens with zero attached hydrogens (tertiary/aromatic N) is 2. The number of carboxylic acid groups (broad SMARTS) is 1. The molecule has 0 saturated carbocycles. The zero-order valence-corrected chi connectivity index (χ0v) is 21.2. The molecule has 37 heavy (non-hydrogen) atoms. The van der Waals surface area contributed by atoms with Gasteiger partial charge in [0.15, 0.2) is 0 Å². The molecule has 5 unspecified atom stereocenters. The molecule has 1 aliphatic rings.